The average Bonchev–Trinajstić information content (AvgIpc) is 2.77. The lowest BCUT2D eigenvalue weighted by atomic mass is 9.83. The van der Waals surface area contributed by atoms with Crippen LogP contribution >= 0.6 is 11.6 Å². The van der Waals surface area contributed by atoms with E-state index in [9.17, 15) is 4.79 Å². The van der Waals surface area contributed by atoms with Gasteiger partial charge in [-0.05, 0) is 54.2 Å². The number of rotatable bonds is 9. The van der Waals surface area contributed by atoms with E-state index in [-0.39, 0.29) is 19.1 Å². The summed E-state index contributed by atoms with van der Waals surface area (Å²) in [6, 6.07) is 15.6. The zero-order valence-electron chi connectivity index (χ0n) is 16.9. The molecule has 1 aliphatic carbocycles. The average molecular weight is 417 g/mol. The number of ether oxygens (including phenoxy) is 3. The summed E-state index contributed by atoms with van der Waals surface area (Å²) < 4.78 is 16.2. The Hall–Kier alpha value is -2.04. The molecule has 5 heteroatoms. The molecule has 4 nitrogen and oxygen atoms in total. The SMILES string of the molecule is COCC(COC(=O)COc1ccc(Cl)cc1)c1ccc(C2CCCCC2)cc1. The summed E-state index contributed by atoms with van der Waals surface area (Å²) in [5.41, 5.74) is 2.54. The van der Waals surface area contributed by atoms with Gasteiger partial charge in [-0.1, -0.05) is 55.1 Å². The van der Waals surface area contributed by atoms with Gasteiger partial charge in [-0.2, -0.15) is 0 Å². The van der Waals surface area contributed by atoms with Gasteiger partial charge in [0.05, 0.1) is 6.61 Å². The van der Waals surface area contributed by atoms with Crippen molar-refractivity contribution in [3.63, 3.8) is 0 Å². The van der Waals surface area contributed by atoms with Crippen LogP contribution in [0.3, 0.4) is 0 Å². The Balaban J connectivity index is 1.50. The number of esters is 1. The first-order chi connectivity index (χ1) is 14.2. The summed E-state index contributed by atoms with van der Waals surface area (Å²) in [4.78, 5) is 12.1. The van der Waals surface area contributed by atoms with Crippen molar-refractivity contribution in [2.45, 2.75) is 43.9 Å². The van der Waals surface area contributed by atoms with E-state index in [4.69, 9.17) is 25.8 Å². The summed E-state index contributed by atoms with van der Waals surface area (Å²) in [7, 11) is 1.66. The Morgan fingerprint density at radius 1 is 1.00 bits per heavy atom. The fourth-order valence-corrected chi connectivity index (χ4v) is 3.95. The van der Waals surface area contributed by atoms with Crippen LogP contribution in [0.5, 0.6) is 5.75 Å². The molecule has 1 aliphatic rings. The van der Waals surface area contributed by atoms with Gasteiger partial charge in [0, 0.05) is 18.1 Å². The number of carbonyl (C=O) groups is 1. The topological polar surface area (TPSA) is 44.8 Å². The molecule has 29 heavy (non-hydrogen) atoms. The van der Waals surface area contributed by atoms with Crippen LogP contribution in [-0.2, 0) is 14.3 Å². The molecule has 1 saturated carbocycles. The zero-order chi connectivity index (χ0) is 20.5. The van der Waals surface area contributed by atoms with Crippen molar-refractivity contribution in [1.82, 2.24) is 0 Å². The van der Waals surface area contributed by atoms with Gasteiger partial charge in [-0.3, -0.25) is 0 Å². The van der Waals surface area contributed by atoms with Gasteiger partial charge in [0.25, 0.3) is 0 Å². The predicted molar refractivity (Wildman–Crippen MR) is 115 cm³/mol. The summed E-state index contributed by atoms with van der Waals surface area (Å²) in [5, 5.41) is 0.622. The Morgan fingerprint density at radius 2 is 1.69 bits per heavy atom. The Morgan fingerprint density at radius 3 is 2.34 bits per heavy atom. The van der Waals surface area contributed by atoms with Gasteiger partial charge in [0.1, 0.15) is 12.4 Å². The molecule has 0 bridgehead atoms. The summed E-state index contributed by atoms with van der Waals surface area (Å²) >= 11 is 5.84. The number of hydrogen-bond acceptors (Lipinski definition) is 4. The highest BCUT2D eigenvalue weighted by Gasteiger charge is 2.18. The molecule has 0 amide bonds. The molecule has 156 valence electrons. The van der Waals surface area contributed by atoms with Crippen molar-refractivity contribution < 1.29 is 19.0 Å². The van der Waals surface area contributed by atoms with Gasteiger partial charge >= 0.3 is 5.97 Å². The third-order valence-corrected chi connectivity index (χ3v) is 5.72. The number of benzene rings is 2. The van der Waals surface area contributed by atoms with Crippen molar-refractivity contribution in [1.29, 1.82) is 0 Å². The Kier molecular flexibility index (Phi) is 8.38. The smallest absolute Gasteiger partial charge is 0.344 e. The molecule has 2 aromatic rings. The first kappa shape index (κ1) is 21.7. The van der Waals surface area contributed by atoms with Crippen molar-refractivity contribution in [3.05, 3.63) is 64.7 Å². The van der Waals surface area contributed by atoms with Crippen LogP contribution in [0.25, 0.3) is 0 Å². The van der Waals surface area contributed by atoms with Gasteiger partial charge in [-0.15, -0.1) is 0 Å². The van der Waals surface area contributed by atoms with E-state index in [0.717, 1.165) is 5.56 Å². The summed E-state index contributed by atoms with van der Waals surface area (Å²) in [6.45, 7) is 0.621. The van der Waals surface area contributed by atoms with Crippen molar-refractivity contribution >= 4 is 17.6 Å². The van der Waals surface area contributed by atoms with Crippen LogP contribution in [0.4, 0.5) is 0 Å². The van der Waals surface area contributed by atoms with E-state index in [0.29, 0.717) is 23.3 Å². The summed E-state index contributed by atoms with van der Waals surface area (Å²) in [6.07, 6.45) is 6.58. The highest BCUT2D eigenvalue weighted by Crippen LogP contribution is 2.33. The highest BCUT2D eigenvalue weighted by molar-refractivity contribution is 6.30. The van der Waals surface area contributed by atoms with E-state index >= 15 is 0 Å². The summed E-state index contributed by atoms with van der Waals surface area (Å²) in [5.74, 6) is 0.861. The lowest BCUT2D eigenvalue weighted by Crippen LogP contribution is -2.21. The molecule has 1 unspecified atom stereocenters. The fourth-order valence-electron chi connectivity index (χ4n) is 3.83. The van der Waals surface area contributed by atoms with Gasteiger partial charge in [-0.25, -0.2) is 4.79 Å². The standard InChI is InChI=1S/C24H29ClO4/c1-27-15-21(16-29-24(26)17-28-23-13-11-22(25)12-14-23)20-9-7-19(8-10-20)18-5-3-2-4-6-18/h7-14,18,21H,2-6,15-17H2,1H3. The molecule has 1 fully saturated rings. The van der Waals surface area contributed by atoms with Crippen molar-refractivity contribution in [3.8, 4) is 5.75 Å². The van der Waals surface area contributed by atoms with Crippen molar-refractivity contribution in [2.75, 3.05) is 26.9 Å². The lowest BCUT2D eigenvalue weighted by molar-refractivity contribution is -0.146. The number of halogens is 1. The number of carbonyl (C=O) groups excluding carboxylic acids is 1. The molecule has 0 saturated heterocycles. The molecule has 0 aliphatic heterocycles. The number of hydrogen-bond donors (Lipinski definition) is 0. The quantitative estimate of drug-likeness (QED) is 0.489. The van der Waals surface area contributed by atoms with Crippen LogP contribution in [0.2, 0.25) is 5.02 Å². The van der Waals surface area contributed by atoms with E-state index in [1.807, 2.05) is 0 Å². The van der Waals surface area contributed by atoms with E-state index < -0.39 is 5.97 Å². The third kappa shape index (κ3) is 6.76. The molecule has 0 radical (unpaired) electrons. The van der Waals surface area contributed by atoms with Gasteiger partial charge < -0.3 is 14.2 Å². The third-order valence-electron chi connectivity index (χ3n) is 5.47. The zero-order valence-corrected chi connectivity index (χ0v) is 17.7. The molecule has 2 aromatic carbocycles. The van der Waals surface area contributed by atoms with Crippen LogP contribution in [-0.4, -0.2) is 32.9 Å². The maximum absolute atomic E-state index is 12.1. The number of methoxy groups -OCH3 is 1. The highest BCUT2D eigenvalue weighted by atomic mass is 35.5. The van der Waals surface area contributed by atoms with Crippen LogP contribution in [0.1, 0.15) is 55.1 Å². The van der Waals surface area contributed by atoms with E-state index in [1.54, 1.807) is 31.4 Å². The Bertz CT molecular complexity index is 751. The first-order valence-electron chi connectivity index (χ1n) is 10.3. The second-order valence-corrected chi connectivity index (χ2v) is 8.02. The van der Waals surface area contributed by atoms with Gasteiger partial charge in [0.2, 0.25) is 0 Å². The molecule has 0 heterocycles. The molecular formula is C24H29ClO4. The molecule has 1 atom stereocenters. The molecular weight excluding hydrogens is 388 g/mol. The largest absolute Gasteiger partial charge is 0.482 e. The second-order valence-electron chi connectivity index (χ2n) is 7.58. The van der Waals surface area contributed by atoms with Crippen molar-refractivity contribution in [2.24, 2.45) is 0 Å². The lowest BCUT2D eigenvalue weighted by Gasteiger charge is -2.23. The van der Waals surface area contributed by atoms with E-state index in [2.05, 4.69) is 24.3 Å². The minimum atomic E-state index is -0.403. The normalized spacial score (nSPS) is 15.7. The maximum atomic E-state index is 12.1. The van der Waals surface area contributed by atoms with Crippen LogP contribution < -0.4 is 4.74 Å². The predicted octanol–water partition coefficient (Wildman–Crippen LogP) is 5.74. The monoisotopic (exact) mass is 416 g/mol. The minimum absolute atomic E-state index is 0.000104. The molecule has 0 spiro atoms. The fraction of sp³-hybridized carbons (Fsp3) is 0.458. The first-order valence-corrected chi connectivity index (χ1v) is 10.7. The van der Waals surface area contributed by atoms with E-state index in [1.165, 1.54) is 37.7 Å². The Labute approximate surface area is 178 Å². The van der Waals surface area contributed by atoms with Gasteiger partial charge in [0.15, 0.2) is 6.61 Å². The second kappa shape index (κ2) is 11.2. The van der Waals surface area contributed by atoms with Crippen LogP contribution in [0, 0.1) is 0 Å². The molecule has 3 rings (SSSR count). The maximum Gasteiger partial charge on any atom is 0.344 e. The molecule has 0 N–H and O–H groups in total. The minimum Gasteiger partial charge on any atom is -0.482 e. The molecule has 0 aromatic heterocycles. The van der Waals surface area contributed by atoms with Crippen LogP contribution in [0.15, 0.2) is 48.5 Å².